The fourth-order valence-corrected chi connectivity index (χ4v) is 3.87. The van der Waals surface area contributed by atoms with Gasteiger partial charge in [0.2, 0.25) is 17.7 Å². The highest BCUT2D eigenvalue weighted by atomic mass is 32.1. The third-order valence-electron chi connectivity index (χ3n) is 5.26. The lowest BCUT2D eigenvalue weighted by Crippen LogP contribution is -2.57. The Kier molecular flexibility index (Phi) is 12.0. The number of nitrogens with one attached hydrogen (secondary N) is 2. The van der Waals surface area contributed by atoms with E-state index in [-0.39, 0.29) is 36.5 Å². The van der Waals surface area contributed by atoms with Crippen molar-refractivity contribution in [2.45, 2.75) is 70.1 Å². The van der Waals surface area contributed by atoms with Gasteiger partial charge >= 0.3 is 5.97 Å². The number of carboxylic acid groups (broad SMARTS) is 1. The zero-order valence-corrected chi connectivity index (χ0v) is 20.1. The van der Waals surface area contributed by atoms with Gasteiger partial charge in [-0.25, -0.2) is 4.79 Å². The fraction of sp³-hybridized carbons (Fsp3) is 0.750. The molecule has 1 saturated heterocycles. The van der Waals surface area contributed by atoms with Crippen molar-refractivity contribution >= 4 is 42.3 Å². The first kappa shape index (κ1) is 28.5. The van der Waals surface area contributed by atoms with Crippen molar-refractivity contribution in [1.82, 2.24) is 15.5 Å². The first-order valence-electron chi connectivity index (χ1n) is 11.0. The van der Waals surface area contributed by atoms with Crippen LogP contribution in [0.4, 0.5) is 0 Å². The molecule has 0 spiro atoms. The van der Waals surface area contributed by atoms with Crippen LogP contribution in [0.1, 0.15) is 46.0 Å². The molecule has 3 amide bonds. The largest absolute Gasteiger partial charge is 0.480 e. The summed E-state index contributed by atoms with van der Waals surface area (Å²) in [5, 5.41) is 14.2. The molecule has 0 bridgehead atoms. The van der Waals surface area contributed by atoms with Crippen LogP contribution in [-0.4, -0.2) is 82.7 Å². The maximum Gasteiger partial charge on any atom is 0.327 e. The lowest BCUT2D eigenvalue weighted by atomic mass is 10.0. The molecule has 33 heavy (non-hydrogen) atoms. The first-order valence-corrected chi connectivity index (χ1v) is 11.7. The minimum absolute atomic E-state index is 0.0982. The standard InChI is InChI=1S/C20H37N7O5S/c1-11(2)9-12(21)18(30)27-8-4-6-15(27)17(29)25-13(5-3-7-24-20(22)23)16(28)26-14(10-33)19(31)32/h11-15,33H,3-10,21H2,1-2H3,(H,25,29)(H,26,28)(H,31,32)(H4,22,23,24). The van der Waals surface area contributed by atoms with Gasteiger partial charge in [0.05, 0.1) is 6.04 Å². The van der Waals surface area contributed by atoms with Crippen LogP contribution >= 0.6 is 12.6 Å². The minimum Gasteiger partial charge on any atom is -0.480 e. The average Bonchev–Trinajstić information content (AvgIpc) is 3.22. The number of carbonyl (C=O) groups excluding carboxylic acids is 3. The molecule has 0 saturated carbocycles. The van der Waals surface area contributed by atoms with E-state index in [0.717, 1.165) is 0 Å². The van der Waals surface area contributed by atoms with Gasteiger partial charge in [-0.3, -0.25) is 19.4 Å². The molecule has 13 heteroatoms. The monoisotopic (exact) mass is 487 g/mol. The zero-order valence-electron chi connectivity index (χ0n) is 19.2. The molecule has 0 aromatic rings. The molecule has 0 aromatic heterocycles. The molecule has 9 N–H and O–H groups in total. The highest BCUT2D eigenvalue weighted by Crippen LogP contribution is 2.20. The number of thiol groups is 1. The van der Waals surface area contributed by atoms with Crippen LogP contribution in [0.25, 0.3) is 0 Å². The lowest BCUT2D eigenvalue weighted by Gasteiger charge is -2.29. The molecule has 1 rings (SSSR count). The predicted octanol–water partition coefficient (Wildman–Crippen LogP) is -1.61. The van der Waals surface area contributed by atoms with Crippen molar-refractivity contribution in [1.29, 1.82) is 0 Å². The number of nitrogens with zero attached hydrogens (tertiary/aromatic N) is 2. The maximum absolute atomic E-state index is 13.0. The smallest absolute Gasteiger partial charge is 0.327 e. The van der Waals surface area contributed by atoms with Crippen LogP contribution in [0.3, 0.4) is 0 Å². The summed E-state index contributed by atoms with van der Waals surface area (Å²) in [6.07, 6.45) is 2.12. The molecule has 1 aliphatic heterocycles. The van der Waals surface area contributed by atoms with Gasteiger partial charge in [0.15, 0.2) is 5.96 Å². The van der Waals surface area contributed by atoms with E-state index in [9.17, 15) is 24.3 Å². The molecule has 12 nitrogen and oxygen atoms in total. The molecule has 188 valence electrons. The SMILES string of the molecule is CC(C)CC(N)C(=O)N1CCCC1C(=O)NC(CCCN=C(N)N)C(=O)NC(CS)C(=O)O. The van der Waals surface area contributed by atoms with Gasteiger partial charge < -0.3 is 37.8 Å². The van der Waals surface area contributed by atoms with E-state index in [4.69, 9.17) is 17.2 Å². The number of hydrogen-bond acceptors (Lipinski definition) is 7. The predicted molar refractivity (Wildman–Crippen MR) is 127 cm³/mol. The van der Waals surface area contributed by atoms with Crippen LogP contribution in [-0.2, 0) is 19.2 Å². The Bertz CT molecular complexity index is 730. The average molecular weight is 488 g/mol. The van der Waals surface area contributed by atoms with E-state index in [2.05, 4.69) is 28.3 Å². The lowest BCUT2D eigenvalue weighted by molar-refractivity contribution is -0.142. The molecule has 0 aromatic carbocycles. The topological polar surface area (TPSA) is 206 Å². The number of carboxylic acids is 1. The van der Waals surface area contributed by atoms with Crippen molar-refractivity contribution in [3.63, 3.8) is 0 Å². The first-order chi connectivity index (χ1) is 15.5. The van der Waals surface area contributed by atoms with Gasteiger partial charge in [-0.1, -0.05) is 13.8 Å². The van der Waals surface area contributed by atoms with Crippen molar-refractivity contribution in [3.8, 4) is 0 Å². The van der Waals surface area contributed by atoms with Crippen molar-refractivity contribution in [3.05, 3.63) is 0 Å². The summed E-state index contributed by atoms with van der Waals surface area (Å²) in [6, 6.07) is -3.69. The van der Waals surface area contributed by atoms with Gasteiger partial charge in [0.25, 0.3) is 0 Å². The molecule has 1 heterocycles. The molecule has 4 atom stereocenters. The van der Waals surface area contributed by atoms with Crippen LogP contribution in [0.2, 0.25) is 0 Å². The zero-order chi connectivity index (χ0) is 25.1. The molecule has 1 fully saturated rings. The second-order valence-corrected chi connectivity index (χ2v) is 8.88. The Morgan fingerprint density at radius 3 is 2.39 bits per heavy atom. The Labute approximate surface area is 199 Å². The van der Waals surface area contributed by atoms with Crippen molar-refractivity contribution in [2.24, 2.45) is 28.1 Å². The third kappa shape index (κ3) is 9.46. The number of aliphatic carboxylic acids is 1. The van der Waals surface area contributed by atoms with Gasteiger partial charge in [0.1, 0.15) is 18.1 Å². The molecule has 0 aliphatic carbocycles. The van der Waals surface area contributed by atoms with Crippen LogP contribution in [0.15, 0.2) is 4.99 Å². The minimum atomic E-state index is -1.24. The normalized spacial score (nSPS) is 18.3. The van der Waals surface area contributed by atoms with E-state index >= 15 is 0 Å². The van der Waals surface area contributed by atoms with E-state index in [1.807, 2.05) is 13.8 Å². The van der Waals surface area contributed by atoms with E-state index in [0.29, 0.717) is 32.2 Å². The molecule has 1 aliphatic rings. The number of rotatable bonds is 13. The Hall–Kier alpha value is -2.54. The Morgan fingerprint density at radius 2 is 1.85 bits per heavy atom. The van der Waals surface area contributed by atoms with Crippen molar-refractivity contribution in [2.75, 3.05) is 18.8 Å². The Balaban J connectivity index is 2.91. The number of guanidine groups is 1. The molecular formula is C20H37N7O5S. The second kappa shape index (κ2) is 13.9. The summed E-state index contributed by atoms with van der Waals surface area (Å²) in [4.78, 5) is 55.1. The molecule has 4 unspecified atom stereocenters. The second-order valence-electron chi connectivity index (χ2n) is 8.52. The highest BCUT2D eigenvalue weighted by Gasteiger charge is 2.37. The van der Waals surface area contributed by atoms with Gasteiger partial charge in [0, 0.05) is 18.8 Å². The van der Waals surface area contributed by atoms with E-state index in [1.54, 1.807) is 0 Å². The highest BCUT2D eigenvalue weighted by molar-refractivity contribution is 7.80. The van der Waals surface area contributed by atoms with E-state index < -0.39 is 42.0 Å². The van der Waals surface area contributed by atoms with Gasteiger partial charge in [-0.05, 0) is 38.0 Å². The van der Waals surface area contributed by atoms with Crippen LogP contribution in [0, 0.1) is 5.92 Å². The quantitative estimate of drug-likeness (QED) is 0.0694. The summed E-state index contributed by atoms with van der Waals surface area (Å²) in [6.45, 7) is 4.56. The van der Waals surface area contributed by atoms with E-state index in [1.165, 1.54) is 4.90 Å². The van der Waals surface area contributed by atoms with Gasteiger partial charge in [-0.15, -0.1) is 0 Å². The molecule has 0 radical (unpaired) electrons. The van der Waals surface area contributed by atoms with Crippen molar-refractivity contribution < 1.29 is 24.3 Å². The summed E-state index contributed by atoms with van der Waals surface area (Å²) in [5.41, 5.74) is 16.6. The number of likely N-dealkylation sites (tertiary alicyclic amines) is 1. The number of carbonyl (C=O) groups is 4. The summed E-state index contributed by atoms with van der Waals surface area (Å²) in [5.74, 6) is -2.68. The number of hydrogen-bond donors (Lipinski definition) is 7. The molecular weight excluding hydrogens is 450 g/mol. The van der Waals surface area contributed by atoms with Crippen LogP contribution in [0.5, 0.6) is 0 Å². The third-order valence-corrected chi connectivity index (χ3v) is 5.62. The number of amides is 3. The fourth-order valence-electron chi connectivity index (χ4n) is 3.62. The Morgan fingerprint density at radius 1 is 1.18 bits per heavy atom. The number of aliphatic imine (C=N–C) groups is 1. The summed E-state index contributed by atoms with van der Waals surface area (Å²) < 4.78 is 0. The van der Waals surface area contributed by atoms with Gasteiger partial charge in [-0.2, -0.15) is 12.6 Å². The summed E-state index contributed by atoms with van der Waals surface area (Å²) in [7, 11) is 0. The van der Waals surface area contributed by atoms with Crippen LogP contribution < -0.4 is 27.8 Å². The summed E-state index contributed by atoms with van der Waals surface area (Å²) >= 11 is 3.94. The number of nitrogens with two attached hydrogens (primary N) is 3. The maximum atomic E-state index is 13.0.